The summed E-state index contributed by atoms with van der Waals surface area (Å²) < 4.78 is 0. The van der Waals surface area contributed by atoms with Crippen molar-refractivity contribution in [1.29, 1.82) is 0 Å². The molecule has 1 aliphatic rings. The minimum absolute atomic E-state index is 0.00421. The number of hydrogen-bond acceptors (Lipinski definition) is 3. The van der Waals surface area contributed by atoms with Gasteiger partial charge in [-0.1, -0.05) is 12.8 Å². The number of thiophene rings is 1. The highest BCUT2D eigenvalue weighted by molar-refractivity contribution is 7.10. The van der Waals surface area contributed by atoms with E-state index in [1.807, 2.05) is 11.8 Å². The summed E-state index contributed by atoms with van der Waals surface area (Å²) in [5.41, 5.74) is 1.29. The Hall–Kier alpha value is -1.31. The molecule has 1 N–H and O–H groups in total. The Kier molecular flexibility index (Phi) is 4.40. The fraction of sp³-hybridized carbons (Fsp3) is 0.500. The average molecular weight is 262 g/mol. The lowest BCUT2D eigenvalue weighted by atomic mass is 10.1. The van der Waals surface area contributed by atoms with Gasteiger partial charge in [0.25, 0.3) is 0 Å². The molecule has 0 aliphatic carbocycles. The summed E-state index contributed by atoms with van der Waals surface area (Å²) in [6.07, 6.45) is 7.18. The molecule has 3 nitrogen and oxygen atoms in total. The van der Waals surface area contributed by atoms with Crippen LogP contribution in [0.1, 0.15) is 23.8 Å². The lowest BCUT2D eigenvalue weighted by Crippen LogP contribution is -2.43. The van der Waals surface area contributed by atoms with E-state index in [-0.39, 0.29) is 11.9 Å². The largest absolute Gasteiger partial charge is 0.337 e. The molecule has 2 rings (SSSR count). The number of carbonyl (C=O) groups is 1. The monoisotopic (exact) mass is 262 g/mol. The van der Waals surface area contributed by atoms with Gasteiger partial charge in [-0.15, -0.1) is 17.8 Å². The zero-order valence-corrected chi connectivity index (χ0v) is 11.4. The lowest BCUT2D eigenvalue weighted by Gasteiger charge is -2.27. The van der Waals surface area contributed by atoms with Crippen LogP contribution in [-0.4, -0.2) is 29.9 Å². The number of fused-ring (bicyclic) bond motifs is 1. The Bertz CT molecular complexity index is 461. The highest BCUT2D eigenvalue weighted by atomic mass is 32.1. The van der Waals surface area contributed by atoms with Crippen molar-refractivity contribution in [3.05, 3.63) is 21.9 Å². The van der Waals surface area contributed by atoms with E-state index in [1.165, 1.54) is 10.4 Å². The van der Waals surface area contributed by atoms with Crippen LogP contribution in [0.25, 0.3) is 0 Å². The molecule has 18 heavy (non-hydrogen) atoms. The first-order chi connectivity index (χ1) is 8.74. The minimum Gasteiger partial charge on any atom is -0.337 e. The van der Waals surface area contributed by atoms with E-state index in [2.05, 4.69) is 22.7 Å². The molecule has 0 saturated carbocycles. The van der Waals surface area contributed by atoms with Gasteiger partial charge < -0.3 is 4.90 Å². The van der Waals surface area contributed by atoms with Crippen molar-refractivity contribution in [2.24, 2.45) is 0 Å². The molecule has 1 aromatic rings. The normalized spacial score (nSPS) is 15.9. The van der Waals surface area contributed by atoms with Crippen LogP contribution < -0.4 is 5.32 Å². The second-order valence-corrected chi connectivity index (χ2v) is 5.44. The summed E-state index contributed by atoms with van der Waals surface area (Å²) in [5.74, 6) is 2.78. The minimum atomic E-state index is -0.00421. The molecule has 96 valence electrons. The van der Waals surface area contributed by atoms with Crippen LogP contribution >= 0.6 is 11.3 Å². The molecule has 4 heteroatoms. The van der Waals surface area contributed by atoms with Gasteiger partial charge in [-0.25, -0.2) is 0 Å². The molecule has 0 saturated heterocycles. The van der Waals surface area contributed by atoms with Gasteiger partial charge in [0.15, 0.2) is 0 Å². The molecule has 0 radical (unpaired) electrons. The van der Waals surface area contributed by atoms with Crippen LogP contribution in [0.3, 0.4) is 0 Å². The summed E-state index contributed by atoms with van der Waals surface area (Å²) in [5, 5.41) is 5.21. The standard InChI is InChI=1S/C14H18N2OS/c1-3-12(4-2)15-9-14(17)16-7-5-13-11(10-16)6-8-18-13/h1,6,8,12,15H,4-5,7,9-10H2,2H3. The Morgan fingerprint density at radius 3 is 3.28 bits per heavy atom. The summed E-state index contributed by atoms with van der Waals surface area (Å²) in [4.78, 5) is 15.4. The van der Waals surface area contributed by atoms with Crippen molar-refractivity contribution in [1.82, 2.24) is 10.2 Å². The highest BCUT2D eigenvalue weighted by Crippen LogP contribution is 2.23. The van der Waals surface area contributed by atoms with Gasteiger partial charge >= 0.3 is 0 Å². The summed E-state index contributed by atoms with van der Waals surface area (Å²) >= 11 is 1.78. The summed E-state index contributed by atoms with van der Waals surface area (Å²) in [6.45, 7) is 3.91. The maximum Gasteiger partial charge on any atom is 0.236 e. The van der Waals surface area contributed by atoms with Crippen LogP contribution in [0.4, 0.5) is 0 Å². The molecular formula is C14H18N2OS. The van der Waals surface area contributed by atoms with Crippen molar-refractivity contribution in [2.75, 3.05) is 13.1 Å². The van der Waals surface area contributed by atoms with Crippen LogP contribution in [0.5, 0.6) is 0 Å². The summed E-state index contributed by atoms with van der Waals surface area (Å²) in [7, 11) is 0. The Morgan fingerprint density at radius 1 is 1.72 bits per heavy atom. The number of nitrogens with zero attached hydrogens (tertiary/aromatic N) is 1. The van der Waals surface area contributed by atoms with Crippen LogP contribution in [0.2, 0.25) is 0 Å². The lowest BCUT2D eigenvalue weighted by molar-refractivity contribution is -0.131. The quantitative estimate of drug-likeness (QED) is 0.837. The number of rotatable bonds is 4. The van der Waals surface area contributed by atoms with Gasteiger partial charge in [0, 0.05) is 18.0 Å². The van der Waals surface area contributed by atoms with Gasteiger partial charge in [-0.2, -0.15) is 0 Å². The molecule has 1 atom stereocenters. The second kappa shape index (κ2) is 6.03. The molecule has 1 amide bonds. The van der Waals surface area contributed by atoms with Gasteiger partial charge in [0.1, 0.15) is 0 Å². The maximum atomic E-state index is 12.1. The van der Waals surface area contributed by atoms with Gasteiger partial charge in [-0.3, -0.25) is 10.1 Å². The first-order valence-corrected chi connectivity index (χ1v) is 7.15. The molecule has 0 spiro atoms. The van der Waals surface area contributed by atoms with Gasteiger partial charge in [-0.05, 0) is 29.9 Å². The molecule has 1 aliphatic heterocycles. The number of hydrogen-bond donors (Lipinski definition) is 1. The van der Waals surface area contributed by atoms with Crippen LogP contribution in [0.15, 0.2) is 11.4 Å². The fourth-order valence-corrected chi connectivity index (χ4v) is 2.99. The van der Waals surface area contributed by atoms with E-state index < -0.39 is 0 Å². The maximum absolute atomic E-state index is 12.1. The Labute approximate surface area is 112 Å². The number of amides is 1. The number of terminal acetylenes is 1. The van der Waals surface area contributed by atoms with E-state index in [0.717, 1.165) is 25.9 Å². The zero-order valence-electron chi connectivity index (χ0n) is 10.6. The third kappa shape index (κ3) is 2.92. The molecule has 0 aromatic carbocycles. The van der Waals surface area contributed by atoms with E-state index in [1.54, 1.807) is 11.3 Å². The molecule has 0 bridgehead atoms. The van der Waals surface area contributed by atoms with Crippen LogP contribution in [-0.2, 0) is 17.8 Å². The van der Waals surface area contributed by atoms with E-state index in [9.17, 15) is 4.79 Å². The Balaban J connectivity index is 1.86. The first kappa shape index (κ1) is 13.1. The van der Waals surface area contributed by atoms with E-state index in [0.29, 0.717) is 6.54 Å². The molecule has 2 heterocycles. The van der Waals surface area contributed by atoms with Crippen molar-refractivity contribution < 1.29 is 4.79 Å². The predicted octanol–water partition coefficient (Wildman–Crippen LogP) is 1.63. The van der Waals surface area contributed by atoms with E-state index >= 15 is 0 Å². The highest BCUT2D eigenvalue weighted by Gasteiger charge is 2.21. The van der Waals surface area contributed by atoms with Crippen molar-refractivity contribution in [3.8, 4) is 12.3 Å². The van der Waals surface area contributed by atoms with Crippen LogP contribution in [0, 0.1) is 12.3 Å². The fourth-order valence-electron chi connectivity index (χ4n) is 2.10. The van der Waals surface area contributed by atoms with Crippen molar-refractivity contribution in [2.45, 2.75) is 32.4 Å². The first-order valence-electron chi connectivity index (χ1n) is 6.27. The third-order valence-corrected chi connectivity index (χ3v) is 4.29. The smallest absolute Gasteiger partial charge is 0.236 e. The number of nitrogens with one attached hydrogen (secondary N) is 1. The van der Waals surface area contributed by atoms with E-state index in [4.69, 9.17) is 6.42 Å². The topological polar surface area (TPSA) is 32.3 Å². The zero-order chi connectivity index (χ0) is 13.0. The van der Waals surface area contributed by atoms with Crippen molar-refractivity contribution in [3.63, 3.8) is 0 Å². The molecule has 1 aromatic heterocycles. The SMILES string of the molecule is C#CC(CC)NCC(=O)N1CCc2sccc2C1. The third-order valence-electron chi connectivity index (χ3n) is 3.27. The summed E-state index contributed by atoms with van der Waals surface area (Å²) in [6, 6.07) is 2.11. The molecule has 1 unspecified atom stereocenters. The molecule has 0 fully saturated rings. The van der Waals surface area contributed by atoms with Gasteiger partial charge in [0.2, 0.25) is 5.91 Å². The van der Waals surface area contributed by atoms with Gasteiger partial charge in [0.05, 0.1) is 12.6 Å². The van der Waals surface area contributed by atoms with Crippen molar-refractivity contribution >= 4 is 17.2 Å². The molecular weight excluding hydrogens is 244 g/mol. The predicted molar refractivity (Wildman–Crippen MR) is 74.4 cm³/mol. The number of carbonyl (C=O) groups excluding carboxylic acids is 1. The second-order valence-electron chi connectivity index (χ2n) is 4.44. The Morgan fingerprint density at radius 2 is 2.56 bits per heavy atom. The average Bonchev–Trinajstić information content (AvgIpc) is 2.86.